The van der Waals surface area contributed by atoms with Gasteiger partial charge in [-0.25, -0.2) is 9.97 Å². The topological polar surface area (TPSA) is 107 Å². The average Bonchev–Trinajstić information content (AvgIpc) is 3.46. The lowest BCUT2D eigenvalue weighted by atomic mass is 10.1. The Labute approximate surface area is 167 Å². The van der Waals surface area contributed by atoms with E-state index in [0.717, 1.165) is 18.5 Å². The fourth-order valence-electron chi connectivity index (χ4n) is 3.26. The highest BCUT2D eigenvalue weighted by atomic mass is 35.5. The first-order valence-corrected chi connectivity index (χ1v) is 9.57. The molecule has 144 valence electrons. The molecule has 1 aliphatic carbocycles. The first-order chi connectivity index (χ1) is 13.5. The summed E-state index contributed by atoms with van der Waals surface area (Å²) in [4.78, 5) is 24.6. The molecular formula is C20H21ClN6O. The van der Waals surface area contributed by atoms with Crippen molar-refractivity contribution in [3.63, 3.8) is 0 Å². The lowest BCUT2D eigenvalue weighted by molar-refractivity contribution is 0.0937. The van der Waals surface area contributed by atoms with Crippen molar-refractivity contribution in [3.8, 4) is 0 Å². The molecule has 0 unspecified atom stereocenters. The molecule has 1 aromatic carbocycles. The number of halogens is 1. The van der Waals surface area contributed by atoms with Crippen molar-refractivity contribution in [2.75, 3.05) is 12.4 Å². The van der Waals surface area contributed by atoms with Gasteiger partial charge in [0.05, 0.1) is 17.5 Å². The van der Waals surface area contributed by atoms with Gasteiger partial charge in [0.1, 0.15) is 11.2 Å². The van der Waals surface area contributed by atoms with E-state index in [9.17, 15) is 4.79 Å². The number of anilines is 1. The van der Waals surface area contributed by atoms with E-state index in [2.05, 4.69) is 25.6 Å². The maximum absolute atomic E-state index is 12.7. The maximum Gasteiger partial charge on any atom is 0.255 e. The second-order valence-electron chi connectivity index (χ2n) is 7.07. The number of H-pyrrole nitrogens is 1. The molecule has 28 heavy (non-hydrogen) atoms. The number of hydrogen-bond acceptors (Lipinski definition) is 5. The molecule has 8 heteroatoms. The molecule has 4 N–H and O–H groups in total. The molecule has 0 saturated heterocycles. The van der Waals surface area contributed by atoms with Crippen LogP contribution in [0.3, 0.4) is 0 Å². The van der Waals surface area contributed by atoms with Gasteiger partial charge in [0.15, 0.2) is 5.65 Å². The summed E-state index contributed by atoms with van der Waals surface area (Å²) in [6.45, 7) is 2.02. The second kappa shape index (κ2) is 7.24. The Bertz CT molecular complexity index is 1070. The van der Waals surface area contributed by atoms with Crippen LogP contribution >= 0.6 is 11.6 Å². The molecular weight excluding hydrogens is 376 g/mol. The Hall–Kier alpha value is -2.93. The number of amides is 1. The standard InChI is InChI=1S/C20H21ClN6O/c1-10(11-3-4-11)26-20(28)14-8-24-19-18(14)27-16(9-25-19)17(22)13-6-5-12(21)7-15(13)23-2/h5-11,22-23H,3-4H2,1-2H3,(H,24,25)(H,26,28)/t10-/m0/s1. The van der Waals surface area contributed by atoms with E-state index in [1.807, 2.05) is 6.92 Å². The first-order valence-electron chi connectivity index (χ1n) is 9.19. The summed E-state index contributed by atoms with van der Waals surface area (Å²) in [7, 11) is 1.77. The van der Waals surface area contributed by atoms with Gasteiger partial charge in [-0.15, -0.1) is 0 Å². The summed E-state index contributed by atoms with van der Waals surface area (Å²) >= 11 is 6.05. The predicted octanol–water partition coefficient (Wildman–Crippen LogP) is 3.60. The van der Waals surface area contributed by atoms with Gasteiger partial charge in [0, 0.05) is 35.6 Å². The van der Waals surface area contributed by atoms with Gasteiger partial charge in [0.25, 0.3) is 5.91 Å². The molecule has 1 fully saturated rings. The number of rotatable bonds is 6. The summed E-state index contributed by atoms with van der Waals surface area (Å²) in [6, 6.07) is 5.39. The van der Waals surface area contributed by atoms with E-state index in [1.165, 1.54) is 6.20 Å². The number of nitrogens with zero attached hydrogens (tertiary/aromatic N) is 2. The van der Waals surface area contributed by atoms with Crippen LogP contribution in [0.25, 0.3) is 11.2 Å². The summed E-state index contributed by atoms with van der Waals surface area (Å²) in [5.74, 6) is 0.389. The van der Waals surface area contributed by atoms with Gasteiger partial charge in [-0.05, 0) is 43.9 Å². The third-order valence-electron chi connectivity index (χ3n) is 5.09. The Morgan fingerprint density at radius 2 is 2.14 bits per heavy atom. The number of fused-ring (bicyclic) bond motifs is 1. The third-order valence-corrected chi connectivity index (χ3v) is 5.32. The maximum atomic E-state index is 12.7. The number of carbonyl (C=O) groups excluding carboxylic acids is 1. The quantitative estimate of drug-likeness (QED) is 0.477. The largest absolute Gasteiger partial charge is 0.388 e. The highest BCUT2D eigenvalue weighted by Crippen LogP contribution is 2.32. The third kappa shape index (κ3) is 3.45. The van der Waals surface area contributed by atoms with E-state index in [0.29, 0.717) is 38.9 Å². The SMILES string of the molecule is CNc1cc(Cl)ccc1C(=N)c1cnc2[nH]cc(C(=O)N[C@@H](C)C3CC3)c2n1. The van der Waals surface area contributed by atoms with Crippen molar-refractivity contribution in [2.24, 2.45) is 5.92 Å². The van der Waals surface area contributed by atoms with Crippen molar-refractivity contribution < 1.29 is 4.79 Å². The molecule has 1 atom stereocenters. The van der Waals surface area contributed by atoms with Crippen LogP contribution < -0.4 is 10.6 Å². The van der Waals surface area contributed by atoms with Crippen LogP contribution in [-0.4, -0.2) is 39.7 Å². The minimum Gasteiger partial charge on any atom is -0.388 e. The van der Waals surface area contributed by atoms with Crippen molar-refractivity contribution in [1.82, 2.24) is 20.3 Å². The van der Waals surface area contributed by atoms with Crippen LogP contribution in [0, 0.1) is 11.3 Å². The Morgan fingerprint density at radius 1 is 1.36 bits per heavy atom. The van der Waals surface area contributed by atoms with Gasteiger partial charge in [-0.3, -0.25) is 10.2 Å². The smallest absolute Gasteiger partial charge is 0.255 e. The van der Waals surface area contributed by atoms with Crippen LogP contribution in [0.4, 0.5) is 5.69 Å². The van der Waals surface area contributed by atoms with E-state index < -0.39 is 0 Å². The molecule has 3 aromatic rings. The highest BCUT2D eigenvalue weighted by Gasteiger charge is 2.29. The van der Waals surface area contributed by atoms with Gasteiger partial charge < -0.3 is 15.6 Å². The number of carbonyl (C=O) groups is 1. The summed E-state index contributed by atoms with van der Waals surface area (Å²) in [5.41, 5.74) is 3.39. The van der Waals surface area contributed by atoms with Gasteiger partial charge in [-0.2, -0.15) is 0 Å². The van der Waals surface area contributed by atoms with Crippen LogP contribution in [0.5, 0.6) is 0 Å². The summed E-state index contributed by atoms with van der Waals surface area (Å²) < 4.78 is 0. The van der Waals surface area contributed by atoms with E-state index in [-0.39, 0.29) is 17.7 Å². The Kier molecular flexibility index (Phi) is 4.77. The predicted molar refractivity (Wildman–Crippen MR) is 110 cm³/mol. The zero-order valence-electron chi connectivity index (χ0n) is 15.6. The summed E-state index contributed by atoms with van der Waals surface area (Å²) in [5, 5.41) is 15.2. The average molecular weight is 397 g/mol. The highest BCUT2D eigenvalue weighted by molar-refractivity contribution is 6.31. The number of aromatic nitrogens is 3. The summed E-state index contributed by atoms with van der Waals surface area (Å²) in [6.07, 6.45) is 5.47. The molecule has 1 amide bonds. The van der Waals surface area contributed by atoms with Crippen molar-refractivity contribution in [1.29, 1.82) is 5.41 Å². The van der Waals surface area contributed by atoms with E-state index in [1.54, 1.807) is 31.4 Å². The van der Waals surface area contributed by atoms with Crippen LogP contribution in [0.1, 0.15) is 41.4 Å². The van der Waals surface area contributed by atoms with Gasteiger partial charge >= 0.3 is 0 Å². The fraction of sp³-hybridized carbons (Fsp3) is 0.300. The molecule has 0 spiro atoms. The normalized spacial score (nSPS) is 14.7. The van der Waals surface area contributed by atoms with Crippen LogP contribution in [-0.2, 0) is 0 Å². The minimum absolute atomic E-state index is 0.138. The molecule has 1 saturated carbocycles. The lowest BCUT2D eigenvalue weighted by Gasteiger charge is -2.12. The molecule has 1 aliphatic rings. The molecule has 2 aromatic heterocycles. The molecule has 0 aliphatic heterocycles. The first kappa shape index (κ1) is 18.4. The number of benzene rings is 1. The van der Waals surface area contributed by atoms with Crippen molar-refractivity contribution in [3.05, 3.63) is 52.4 Å². The Morgan fingerprint density at radius 3 is 2.86 bits per heavy atom. The number of hydrogen-bond donors (Lipinski definition) is 4. The molecule has 0 radical (unpaired) electrons. The number of nitrogens with one attached hydrogen (secondary N) is 4. The fourth-order valence-corrected chi connectivity index (χ4v) is 3.43. The molecule has 2 heterocycles. The monoisotopic (exact) mass is 396 g/mol. The van der Waals surface area contributed by atoms with Gasteiger partial charge in [-0.1, -0.05) is 11.6 Å². The van der Waals surface area contributed by atoms with Crippen LogP contribution in [0.2, 0.25) is 5.02 Å². The van der Waals surface area contributed by atoms with E-state index in [4.69, 9.17) is 17.0 Å². The minimum atomic E-state index is -0.175. The zero-order valence-corrected chi connectivity index (χ0v) is 16.4. The lowest BCUT2D eigenvalue weighted by Crippen LogP contribution is -2.33. The second-order valence-corrected chi connectivity index (χ2v) is 7.51. The molecule has 0 bridgehead atoms. The Balaban J connectivity index is 1.67. The number of aromatic amines is 1. The van der Waals surface area contributed by atoms with E-state index >= 15 is 0 Å². The van der Waals surface area contributed by atoms with Crippen molar-refractivity contribution in [2.45, 2.75) is 25.8 Å². The van der Waals surface area contributed by atoms with Crippen LogP contribution in [0.15, 0.2) is 30.6 Å². The zero-order chi connectivity index (χ0) is 19.8. The molecule has 7 nitrogen and oxygen atoms in total. The van der Waals surface area contributed by atoms with Crippen molar-refractivity contribution >= 4 is 40.1 Å². The molecule has 4 rings (SSSR count). The van der Waals surface area contributed by atoms with Gasteiger partial charge in [0.2, 0.25) is 0 Å².